The molecule has 0 unspecified atom stereocenters. The van der Waals surface area contributed by atoms with E-state index in [2.05, 4.69) is 16.0 Å². The van der Waals surface area contributed by atoms with Gasteiger partial charge in [-0.1, -0.05) is 41.5 Å². The Morgan fingerprint density at radius 2 is 1.82 bits per heavy atom. The molecule has 4 N–H and O–H groups in total. The molecule has 3 amide bonds. The Bertz CT molecular complexity index is 921. The standard InChI is InChI=1S/C26H41N3O8S2/c1-15(2)19-11-16(30)12-23(33)36-17-7-6-10-38-39-14-20(25(35)28-19)29-24(34)18(27-21(31)13-17)8-9-22(32)37-26(3,4)5/h6-7,15-20,30H,8-14H2,1-5H3,(H,27,31)(H,28,35)(H,29,34)/b7-6+/t16-,17-,18+,19-,20-/m1/s1. The Hall–Kier alpha value is -2.25. The van der Waals surface area contributed by atoms with Crippen LogP contribution >= 0.6 is 21.6 Å². The van der Waals surface area contributed by atoms with Crippen LogP contribution in [0.3, 0.4) is 0 Å². The van der Waals surface area contributed by atoms with Gasteiger partial charge in [-0.3, -0.25) is 24.0 Å². The van der Waals surface area contributed by atoms with E-state index in [1.165, 1.54) is 21.6 Å². The number of esters is 2. The van der Waals surface area contributed by atoms with E-state index in [0.29, 0.717) is 5.75 Å². The first-order valence-corrected chi connectivity index (χ1v) is 15.6. The predicted molar refractivity (Wildman–Crippen MR) is 150 cm³/mol. The third-order valence-corrected chi connectivity index (χ3v) is 8.19. The van der Waals surface area contributed by atoms with Gasteiger partial charge in [0.15, 0.2) is 0 Å². The average Bonchev–Trinajstić information content (AvgIpc) is 2.79. The molecule has 3 heterocycles. The van der Waals surface area contributed by atoms with Crippen LogP contribution in [-0.4, -0.2) is 82.2 Å². The second kappa shape index (κ2) is 15.5. The molecule has 5 atom stereocenters. The lowest BCUT2D eigenvalue weighted by atomic mass is 9.96. The summed E-state index contributed by atoms with van der Waals surface area (Å²) in [6.45, 7) is 8.95. The fraction of sp³-hybridized carbons (Fsp3) is 0.731. The zero-order chi connectivity index (χ0) is 29.2. The average molecular weight is 588 g/mol. The molecule has 1 fully saturated rings. The summed E-state index contributed by atoms with van der Waals surface area (Å²) in [5, 5.41) is 18.8. The minimum atomic E-state index is -1.13. The van der Waals surface area contributed by atoms with E-state index in [4.69, 9.17) is 9.47 Å². The topological polar surface area (TPSA) is 160 Å². The predicted octanol–water partition coefficient (Wildman–Crippen LogP) is 1.63. The molecule has 0 aromatic rings. The maximum Gasteiger partial charge on any atom is 0.309 e. The van der Waals surface area contributed by atoms with Crippen molar-refractivity contribution in [1.82, 2.24) is 16.0 Å². The van der Waals surface area contributed by atoms with Gasteiger partial charge in [0.1, 0.15) is 23.8 Å². The lowest BCUT2D eigenvalue weighted by Gasteiger charge is -2.29. The van der Waals surface area contributed by atoms with Crippen molar-refractivity contribution >= 4 is 51.2 Å². The number of hydrogen-bond donors (Lipinski definition) is 4. The highest BCUT2D eigenvalue weighted by Gasteiger charge is 2.32. The van der Waals surface area contributed by atoms with E-state index in [1.54, 1.807) is 32.9 Å². The number of carbonyl (C=O) groups is 5. The summed E-state index contributed by atoms with van der Waals surface area (Å²) in [5.41, 5.74) is -0.709. The Kier molecular flexibility index (Phi) is 13.1. The van der Waals surface area contributed by atoms with Crippen LogP contribution in [0.1, 0.15) is 66.7 Å². The van der Waals surface area contributed by atoms with Gasteiger partial charge in [0.05, 0.1) is 18.9 Å². The molecule has 0 spiro atoms. The van der Waals surface area contributed by atoms with E-state index < -0.39 is 65.6 Å². The van der Waals surface area contributed by atoms with Crippen LogP contribution in [0.4, 0.5) is 0 Å². The van der Waals surface area contributed by atoms with E-state index in [9.17, 15) is 29.1 Å². The fourth-order valence-electron chi connectivity index (χ4n) is 3.94. The highest BCUT2D eigenvalue weighted by molar-refractivity contribution is 8.76. The second-order valence-corrected chi connectivity index (χ2v) is 13.5. The summed E-state index contributed by atoms with van der Waals surface area (Å²) in [6.07, 6.45) is 0.756. The molecule has 0 saturated carbocycles. The van der Waals surface area contributed by atoms with E-state index >= 15 is 0 Å². The van der Waals surface area contributed by atoms with Crippen LogP contribution in [0.25, 0.3) is 0 Å². The molecule has 13 heteroatoms. The Balaban J connectivity index is 2.39. The normalized spacial score (nSPS) is 29.1. The quantitative estimate of drug-likeness (QED) is 0.216. The lowest BCUT2D eigenvalue weighted by Crippen LogP contribution is -2.56. The minimum Gasteiger partial charge on any atom is -0.460 e. The maximum absolute atomic E-state index is 13.3. The first-order chi connectivity index (χ1) is 18.2. The number of nitrogens with one attached hydrogen (secondary N) is 3. The van der Waals surface area contributed by atoms with Crippen LogP contribution in [0.2, 0.25) is 0 Å². The van der Waals surface area contributed by atoms with Crippen molar-refractivity contribution in [3.8, 4) is 0 Å². The Labute approximate surface area is 237 Å². The summed E-state index contributed by atoms with van der Waals surface area (Å²) in [6, 6.07) is -2.53. The van der Waals surface area contributed by atoms with Gasteiger partial charge in [-0.15, -0.1) is 0 Å². The van der Waals surface area contributed by atoms with Crippen molar-refractivity contribution < 1.29 is 38.6 Å². The van der Waals surface area contributed by atoms with Gasteiger partial charge in [0.25, 0.3) is 0 Å². The highest BCUT2D eigenvalue weighted by atomic mass is 33.1. The molecule has 220 valence electrons. The summed E-state index contributed by atoms with van der Waals surface area (Å²) in [4.78, 5) is 64.5. The van der Waals surface area contributed by atoms with Crippen molar-refractivity contribution in [1.29, 1.82) is 0 Å². The SMILES string of the molecule is CC(C)[C@H]1C[C@@H](O)CC(=O)O[C@@H]2/C=C/CSSC[C@@H](NC(=O)[C@H](CCC(=O)OC(C)(C)C)NC(=O)C2)C(=O)N1. The number of carbonyl (C=O) groups excluding carboxylic acids is 5. The smallest absolute Gasteiger partial charge is 0.309 e. The number of aliphatic hydroxyl groups is 1. The van der Waals surface area contributed by atoms with Gasteiger partial charge in [0, 0.05) is 24.0 Å². The Morgan fingerprint density at radius 1 is 1.10 bits per heavy atom. The minimum absolute atomic E-state index is 0.0518. The summed E-state index contributed by atoms with van der Waals surface area (Å²) < 4.78 is 10.8. The molecule has 0 aromatic carbocycles. The van der Waals surface area contributed by atoms with Gasteiger partial charge in [0.2, 0.25) is 17.7 Å². The fourth-order valence-corrected chi connectivity index (χ4v) is 5.92. The monoisotopic (exact) mass is 587 g/mol. The van der Waals surface area contributed by atoms with Gasteiger partial charge < -0.3 is 30.5 Å². The molecule has 3 aliphatic heterocycles. The lowest BCUT2D eigenvalue weighted by molar-refractivity contribution is -0.155. The molecule has 11 nitrogen and oxygen atoms in total. The number of fused-ring (bicyclic) bond motifs is 16. The molecule has 3 rings (SSSR count). The highest BCUT2D eigenvalue weighted by Crippen LogP contribution is 2.24. The van der Waals surface area contributed by atoms with Crippen molar-refractivity contribution in [3.63, 3.8) is 0 Å². The van der Waals surface area contributed by atoms with Crippen molar-refractivity contribution in [2.75, 3.05) is 11.5 Å². The third kappa shape index (κ3) is 12.6. The Morgan fingerprint density at radius 3 is 2.49 bits per heavy atom. The van der Waals surface area contributed by atoms with Gasteiger partial charge >= 0.3 is 11.9 Å². The number of aliphatic hydroxyl groups excluding tert-OH is 1. The van der Waals surface area contributed by atoms with Crippen molar-refractivity contribution in [2.45, 2.75) is 103 Å². The second-order valence-electron chi connectivity index (χ2n) is 11.0. The molecule has 1 saturated heterocycles. The van der Waals surface area contributed by atoms with E-state index in [-0.39, 0.29) is 43.8 Å². The number of rotatable bonds is 4. The molecule has 39 heavy (non-hydrogen) atoms. The third-order valence-electron chi connectivity index (χ3n) is 5.90. The van der Waals surface area contributed by atoms with Crippen LogP contribution in [0.5, 0.6) is 0 Å². The van der Waals surface area contributed by atoms with Crippen LogP contribution in [0.15, 0.2) is 12.2 Å². The maximum atomic E-state index is 13.3. The van der Waals surface area contributed by atoms with Crippen molar-refractivity contribution in [2.24, 2.45) is 5.92 Å². The molecule has 0 aliphatic carbocycles. The molecule has 0 radical (unpaired) electrons. The van der Waals surface area contributed by atoms with Crippen molar-refractivity contribution in [3.05, 3.63) is 12.2 Å². The van der Waals surface area contributed by atoms with E-state index in [1.807, 2.05) is 13.8 Å². The first-order valence-electron chi connectivity index (χ1n) is 13.1. The first kappa shape index (κ1) is 33.0. The molecule has 2 bridgehead atoms. The number of hydrogen-bond acceptors (Lipinski definition) is 10. The zero-order valence-electron chi connectivity index (χ0n) is 23.2. The molecular weight excluding hydrogens is 546 g/mol. The van der Waals surface area contributed by atoms with Gasteiger partial charge in [-0.2, -0.15) is 0 Å². The summed E-state index contributed by atoms with van der Waals surface area (Å²) in [5.74, 6) is -2.16. The molecular formula is C26H41N3O8S2. The molecule has 3 aliphatic rings. The largest absolute Gasteiger partial charge is 0.460 e. The van der Waals surface area contributed by atoms with Crippen LogP contribution < -0.4 is 16.0 Å². The van der Waals surface area contributed by atoms with Crippen LogP contribution in [0, 0.1) is 5.92 Å². The summed E-state index contributed by atoms with van der Waals surface area (Å²) >= 11 is 0. The number of amides is 3. The molecule has 0 aromatic heterocycles. The van der Waals surface area contributed by atoms with Gasteiger partial charge in [-0.05, 0) is 45.6 Å². The van der Waals surface area contributed by atoms with Gasteiger partial charge in [-0.25, -0.2) is 0 Å². The number of ether oxygens (including phenoxy) is 2. The van der Waals surface area contributed by atoms with E-state index in [0.717, 1.165) is 0 Å². The summed E-state index contributed by atoms with van der Waals surface area (Å²) in [7, 11) is 2.83. The zero-order valence-corrected chi connectivity index (χ0v) is 24.8. The van der Waals surface area contributed by atoms with Crippen LogP contribution in [-0.2, 0) is 33.4 Å².